The second-order valence-corrected chi connectivity index (χ2v) is 8.36. The Labute approximate surface area is 136 Å². The van der Waals surface area contributed by atoms with Gasteiger partial charge in [0.25, 0.3) is 0 Å². The van der Waals surface area contributed by atoms with Gasteiger partial charge < -0.3 is 23.5 Å². The summed E-state index contributed by atoms with van der Waals surface area (Å²) in [4.78, 5) is 3.94. The molecule has 0 heterocycles. The van der Waals surface area contributed by atoms with Crippen LogP contribution in [0.2, 0.25) is 6.04 Å². The Bertz CT molecular complexity index is 249. The molecule has 0 aromatic carbocycles. The average molecular weight is 339 g/mol. The number of nitrogens with zero attached hydrogens (tertiary/aromatic N) is 2. The third kappa shape index (κ3) is 8.54. The van der Waals surface area contributed by atoms with Crippen LogP contribution in [-0.4, -0.2) is 89.8 Å². The molecule has 0 rings (SSSR count). The SMILES string of the molecule is CCCCN(CO)CCN(CO)CCC[Si](OC)(OC)OC. The molecule has 0 aliphatic heterocycles. The molecule has 0 unspecified atom stereocenters. The van der Waals surface area contributed by atoms with Gasteiger partial charge in [-0.05, 0) is 12.8 Å². The van der Waals surface area contributed by atoms with Crippen LogP contribution in [0.25, 0.3) is 0 Å². The van der Waals surface area contributed by atoms with Crippen molar-refractivity contribution in [1.82, 2.24) is 9.80 Å². The summed E-state index contributed by atoms with van der Waals surface area (Å²) in [5.74, 6) is 0. The molecule has 0 spiro atoms. The molecule has 22 heavy (non-hydrogen) atoms. The van der Waals surface area contributed by atoms with Crippen LogP contribution in [0.3, 0.4) is 0 Å². The minimum atomic E-state index is -2.52. The summed E-state index contributed by atoms with van der Waals surface area (Å²) < 4.78 is 16.2. The standard InChI is InChI=1S/C14H34N2O5Si/c1-5-6-8-15(13-17)10-11-16(14-18)9-7-12-22(19-2,20-3)21-4/h17-18H,5-14H2,1-4H3. The van der Waals surface area contributed by atoms with Crippen molar-refractivity contribution in [3.63, 3.8) is 0 Å². The zero-order valence-corrected chi connectivity index (χ0v) is 15.6. The van der Waals surface area contributed by atoms with E-state index in [1.807, 2.05) is 9.80 Å². The molecule has 0 aliphatic rings. The van der Waals surface area contributed by atoms with Gasteiger partial charge in [-0.15, -0.1) is 0 Å². The van der Waals surface area contributed by atoms with Gasteiger partial charge in [0.1, 0.15) is 0 Å². The monoisotopic (exact) mass is 338 g/mol. The summed E-state index contributed by atoms with van der Waals surface area (Å²) in [5, 5.41) is 18.8. The molecular weight excluding hydrogens is 304 g/mol. The molecule has 0 aromatic rings. The number of rotatable bonds is 15. The van der Waals surface area contributed by atoms with Crippen molar-refractivity contribution >= 4 is 8.80 Å². The minimum Gasteiger partial charge on any atom is -0.381 e. The van der Waals surface area contributed by atoms with E-state index in [0.29, 0.717) is 6.04 Å². The highest BCUT2D eigenvalue weighted by Crippen LogP contribution is 2.15. The Hall–Kier alpha value is -0.0631. The smallest absolute Gasteiger partial charge is 0.381 e. The molecule has 0 bridgehead atoms. The second kappa shape index (κ2) is 13.4. The highest BCUT2D eigenvalue weighted by Gasteiger charge is 2.36. The van der Waals surface area contributed by atoms with Crippen LogP contribution < -0.4 is 0 Å². The van der Waals surface area contributed by atoms with Crippen molar-refractivity contribution < 1.29 is 23.5 Å². The lowest BCUT2D eigenvalue weighted by Gasteiger charge is -2.27. The minimum absolute atomic E-state index is 0.00848. The van der Waals surface area contributed by atoms with Gasteiger partial charge in [0.05, 0.1) is 13.5 Å². The van der Waals surface area contributed by atoms with E-state index in [9.17, 15) is 10.2 Å². The maximum Gasteiger partial charge on any atom is 0.500 e. The molecule has 0 atom stereocenters. The predicted molar refractivity (Wildman–Crippen MR) is 88.4 cm³/mol. The van der Waals surface area contributed by atoms with E-state index in [1.165, 1.54) is 0 Å². The van der Waals surface area contributed by atoms with Crippen LogP contribution in [-0.2, 0) is 13.3 Å². The Kier molecular flexibility index (Phi) is 13.3. The molecule has 0 fully saturated rings. The maximum atomic E-state index is 9.45. The van der Waals surface area contributed by atoms with Crippen molar-refractivity contribution in [3.8, 4) is 0 Å². The van der Waals surface area contributed by atoms with E-state index >= 15 is 0 Å². The van der Waals surface area contributed by atoms with Gasteiger partial charge in [-0.2, -0.15) is 0 Å². The zero-order valence-electron chi connectivity index (χ0n) is 14.6. The topological polar surface area (TPSA) is 74.6 Å². The lowest BCUT2D eigenvalue weighted by atomic mass is 10.3. The van der Waals surface area contributed by atoms with Crippen molar-refractivity contribution in [3.05, 3.63) is 0 Å². The summed E-state index contributed by atoms with van der Waals surface area (Å²) >= 11 is 0. The fraction of sp³-hybridized carbons (Fsp3) is 1.00. The van der Waals surface area contributed by atoms with Gasteiger partial charge in [0.15, 0.2) is 0 Å². The molecular formula is C14H34N2O5Si. The predicted octanol–water partition coefficient (Wildman–Crippen LogP) is 0.558. The van der Waals surface area contributed by atoms with Gasteiger partial charge in [0, 0.05) is 53.6 Å². The average Bonchev–Trinajstić information content (AvgIpc) is 2.57. The first-order valence-electron chi connectivity index (χ1n) is 7.93. The van der Waals surface area contributed by atoms with Gasteiger partial charge >= 0.3 is 8.80 Å². The molecule has 0 aromatic heterocycles. The number of hydrogen-bond donors (Lipinski definition) is 2. The van der Waals surface area contributed by atoms with E-state index in [2.05, 4.69) is 6.92 Å². The molecule has 2 N–H and O–H groups in total. The number of aliphatic hydroxyl groups excluding tert-OH is 2. The van der Waals surface area contributed by atoms with Gasteiger partial charge in [-0.1, -0.05) is 13.3 Å². The van der Waals surface area contributed by atoms with Crippen LogP contribution in [0.15, 0.2) is 0 Å². The van der Waals surface area contributed by atoms with E-state index in [0.717, 1.165) is 45.4 Å². The van der Waals surface area contributed by atoms with E-state index in [1.54, 1.807) is 21.3 Å². The maximum absolute atomic E-state index is 9.45. The Morgan fingerprint density at radius 3 is 1.59 bits per heavy atom. The summed E-state index contributed by atoms with van der Waals surface area (Å²) in [6, 6.07) is 0.715. The Morgan fingerprint density at radius 1 is 0.773 bits per heavy atom. The van der Waals surface area contributed by atoms with Crippen LogP contribution in [0.4, 0.5) is 0 Å². The van der Waals surface area contributed by atoms with Crippen LogP contribution >= 0.6 is 0 Å². The van der Waals surface area contributed by atoms with E-state index in [-0.39, 0.29) is 13.5 Å². The van der Waals surface area contributed by atoms with E-state index in [4.69, 9.17) is 13.3 Å². The van der Waals surface area contributed by atoms with Crippen molar-refractivity contribution in [1.29, 1.82) is 0 Å². The van der Waals surface area contributed by atoms with Gasteiger partial charge in [-0.3, -0.25) is 9.80 Å². The first-order valence-corrected chi connectivity index (χ1v) is 9.86. The third-order valence-electron chi connectivity index (χ3n) is 3.85. The van der Waals surface area contributed by atoms with Gasteiger partial charge in [-0.25, -0.2) is 0 Å². The van der Waals surface area contributed by atoms with Crippen molar-refractivity contribution in [2.24, 2.45) is 0 Å². The first-order chi connectivity index (χ1) is 10.6. The van der Waals surface area contributed by atoms with Crippen LogP contribution in [0, 0.1) is 0 Å². The zero-order chi connectivity index (χ0) is 16.8. The van der Waals surface area contributed by atoms with E-state index < -0.39 is 8.80 Å². The molecule has 7 nitrogen and oxygen atoms in total. The molecule has 0 saturated carbocycles. The Morgan fingerprint density at radius 2 is 1.23 bits per heavy atom. The highest BCUT2D eigenvalue weighted by atomic mass is 28.4. The second-order valence-electron chi connectivity index (χ2n) is 5.27. The number of aliphatic hydroxyl groups is 2. The lowest BCUT2D eigenvalue weighted by molar-refractivity contribution is 0.0623. The summed E-state index contributed by atoms with van der Waals surface area (Å²) in [5.41, 5.74) is 0. The van der Waals surface area contributed by atoms with Crippen molar-refractivity contribution in [2.75, 3.05) is 61.0 Å². The summed E-state index contributed by atoms with van der Waals surface area (Å²) in [7, 11) is 2.30. The molecule has 0 saturated heterocycles. The molecule has 134 valence electrons. The quantitative estimate of drug-likeness (QED) is 0.334. The fourth-order valence-corrected chi connectivity index (χ4v) is 3.95. The van der Waals surface area contributed by atoms with Gasteiger partial charge in [0.2, 0.25) is 0 Å². The molecule has 0 aliphatic carbocycles. The van der Waals surface area contributed by atoms with Crippen molar-refractivity contribution in [2.45, 2.75) is 32.2 Å². The number of hydrogen-bond acceptors (Lipinski definition) is 7. The van der Waals surface area contributed by atoms with Crippen LogP contribution in [0.1, 0.15) is 26.2 Å². The summed E-state index contributed by atoms with van der Waals surface area (Å²) in [6.45, 7) is 5.31. The fourth-order valence-electron chi connectivity index (χ4n) is 2.25. The third-order valence-corrected chi connectivity index (χ3v) is 6.68. The molecule has 0 radical (unpaired) electrons. The Balaban J connectivity index is 4.10. The largest absolute Gasteiger partial charge is 0.500 e. The number of unbranched alkanes of at least 4 members (excludes halogenated alkanes) is 1. The molecule has 0 amide bonds. The normalized spacial score (nSPS) is 12.5. The summed E-state index contributed by atoms with van der Waals surface area (Å²) in [6.07, 6.45) is 3.01. The molecule has 8 heteroatoms. The highest BCUT2D eigenvalue weighted by molar-refractivity contribution is 6.60. The lowest BCUT2D eigenvalue weighted by Crippen LogP contribution is -2.43. The van der Waals surface area contributed by atoms with Crippen LogP contribution in [0.5, 0.6) is 0 Å². The first kappa shape index (κ1) is 21.9.